The first kappa shape index (κ1) is 16.9. The number of halogens is 4. The van der Waals surface area contributed by atoms with Crippen molar-refractivity contribution in [3.8, 4) is 0 Å². The van der Waals surface area contributed by atoms with E-state index in [-0.39, 0.29) is 12.1 Å². The third-order valence-corrected chi connectivity index (χ3v) is 3.76. The number of carbonyl (C=O) groups is 2. The van der Waals surface area contributed by atoms with Gasteiger partial charge in [-0.15, -0.1) is 0 Å². The molecular formula is C17H12F4N2O2. The maximum absolute atomic E-state index is 13.2. The molecule has 1 saturated heterocycles. The van der Waals surface area contributed by atoms with Crippen LogP contribution in [-0.2, 0) is 15.8 Å². The minimum atomic E-state index is -4.70. The highest BCUT2D eigenvalue weighted by molar-refractivity contribution is 6.23. The lowest BCUT2D eigenvalue weighted by Gasteiger charge is -2.20. The monoisotopic (exact) mass is 352 g/mol. The molecule has 0 saturated carbocycles. The van der Waals surface area contributed by atoms with Crippen LogP contribution < -0.4 is 10.2 Å². The Bertz CT molecular complexity index is 835. The van der Waals surface area contributed by atoms with Crippen molar-refractivity contribution in [3.63, 3.8) is 0 Å². The van der Waals surface area contributed by atoms with E-state index in [0.717, 1.165) is 18.2 Å². The summed E-state index contributed by atoms with van der Waals surface area (Å²) >= 11 is 0. The lowest BCUT2D eigenvalue weighted by atomic mass is 10.1. The number of alkyl halides is 3. The molecule has 130 valence electrons. The molecule has 0 radical (unpaired) electrons. The minimum absolute atomic E-state index is 0.261. The number of amides is 2. The average molecular weight is 352 g/mol. The quantitative estimate of drug-likeness (QED) is 0.678. The summed E-state index contributed by atoms with van der Waals surface area (Å²) in [5.74, 6) is -2.11. The zero-order chi connectivity index (χ0) is 18.2. The maximum Gasteiger partial charge on any atom is 0.418 e. The van der Waals surface area contributed by atoms with Crippen molar-refractivity contribution < 1.29 is 27.2 Å². The lowest BCUT2D eigenvalue weighted by Crippen LogP contribution is -2.36. The Kier molecular flexibility index (Phi) is 4.20. The fraction of sp³-hybridized carbons (Fsp3) is 0.176. The van der Waals surface area contributed by atoms with Gasteiger partial charge in [0.15, 0.2) is 0 Å². The molecular weight excluding hydrogens is 340 g/mol. The van der Waals surface area contributed by atoms with Crippen molar-refractivity contribution in [1.82, 2.24) is 0 Å². The molecule has 8 heteroatoms. The predicted molar refractivity (Wildman–Crippen MR) is 82.4 cm³/mol. The molecule has 3 rings (SSSR count). The van der Waals surface area contributed by atoms with E-state index < -0.39 is 41.1 Å². The molecule has 1 aliphatic rings. The number of nitrogens with one attached hydrogen (secondary N) is 1. The molecule has 25 heavy (non-hydrogen) atoms. The summed E-state index contributed by atoms with van der Waals surface area (Å²) in [6, 6.07) is 8.56. The van der Waals surface area contributed by atoms with Crippen LogP contribution in [-0.4, -0.2) is 17.9 Å². The Labute approximate surface area is 140 Å². The molecule has 1 fully saturated rings. The first-order valence-electron chi connectivity index (χ1n) is 7.32. The summed E-state index contributed by atoms with van der Waals surface area (Å²) in [6.07, 6.45) is -5.02. The van der Waals surface area contributed by atoms with Gasteiger partial charge in [-0.25, -0.2) is 9.29 Å². The Morgan fingerprint density at radius 1 is 1.04 bits per heavy atom. The van der Waals surface area contributed by atoms with Gasteiger partial charge < -0.3 is 5.32 Å². The van der Waals surface area contributed by atoms with Crippen LogP contribution in [0.1, 0.15) is 12.0 Å². The van der Waals surface area contributed by atoms with Gasteiger partial charge in [0.1, 0.15) is 11.9 Å². The minimum Gasteiger partial charge on any atom is -0.373 e. The van der Waals surface area contributed by atoms with Crippen LogP contribution in [0.3, 0.4) is 0 Å². The molecule has 0 unspecified atom stereocenters. The van der Waals surface area contributed by atoms with Crippen LogP contribution in [0.5, 0.6) is 0 Å². The number of rotatable bonds is 3. The summed E-state index contributed by atoms with van der Waals surface area (Å²) in [6.45, 7) is 0. The second-order valence-electron chi connectivity index (χ2n) is 5.49. The van der Waals surface area contributed by atoms with E-state index in [0.29, 0.717) is 4.90 Å². The highest BCUT2D eigenvalue weighted by Gasteiger charge is 2.44. The van der Waals surface area contributed by atoms with Crippen LogP contribution >= 0.6 is 0 Å². The SMILES string of the molecule is O=C1C[C@H](Nc2cccc(F)c2)C(=O)N1c1ccccc1C(F)(F)F. The summed E-state index contributed by atoms with van der Waals surface area (Å²) in [4.78, 5) is 25.1. The van der Waals surface area contributed by atoms with Crippen molar-refractivity contribution in [3.05, 3.63) is 59.9 Å². The van der Waals surface area contributed by atoms with Gasteiger partial charge in [-0.05, 0) is 30.3 Å². The Morgan fingerprint density at radius 2 is 1.76 bits per heavy atom. The van der Waals surface area contributed by atoms with Crippen molar-refractivity contribution in [2.24, 2.45) is 0 Å². The first-order chi connectivity index (χ1) is 11.8. The number of imide groups is 1. The standard InChI is InChI=1S/C17H12F4N2O2/c18-10-4-3-5-11(8-10)22-13-9-15(24)23(16(13)25)14-7-2-1-6-12(14)17(19,20)21/h1-8,13,22H,9H2/t13-/m0/s1. The van der Waals surface area contributed by atoms with Gasteiger partial charge in [0.2, 0.25) is 5.91 Å². The van der Waals surface area contributed by atoms with Crippen LogP contribution in [0, 0.1) is 5.82 Å². The highest BCUT2D eigenvalue weighted by Crippen LogP contribution is 2.38. The summed E-state index contributed by atoms with van der Waals surface area (Å²) in [7, 11) is 0. The largest absolute Gasteiger partial charge is 0.418 e. The number of benzene rings is 2. The smallest absolute Gasteiger partial charge is 0.373 e. The maximum atomic E-state index is 13.2. The Balaban J connectivity index is 1.90. The third kappa shape index (κ3) is 3.33. The molecule has 1 aliphatic heterocycles. The van der Waals surface area contributed by atoms with Gasteiger partial charge in [-0.3, -0.25) is 9.59 Å². The number of para-hydroxylation sites is 1. The van der Waals surface area contributed by atoms with E-state index in [4.69, 9.17) is 0 Å². The zero-order valence-corrected chi connectivity index (χ0v) is 12.7. The Morgan fingerprint density at radius 3 is 2.44 bits per heavy atom. The first-order valence-corrected chi connectivity index (χ1v) is 7.32. The number of carbonyl (C=O) groups excluding carboxylic acids is 2. The second-order valence-corrected chi connectivity index (χ2v) is 5.49. The summed E-state index contributed by atoms with van der Waals surface area (Å²) in [5, 5.41) is 2.69. The molecule has 1 atom stereocenters. The predicted octanol–water partition coefficient (Wildman–Crippen LogP) is 3.59. The van der Waals surface area contributed by atoms with Gasteiger partial charge in [0.05, 0.1) is 17.7 Å². The van der Waals surface area contributed by atoms with Gasteiger partial charge in [0.25, 0.3) is 5.91 Å². The fourth-order valence-corrected chi connectivity index (χ4v) is 2.69. The molecule has 0 spiro atoms. The third-order valence-electron chi connectivity index (χ3n) is 3.76. The van der Waals surface area contributed by atoms with Crippen LogP contribution in [0.4, 0.5) is 28.9 Å². The van der Waals surface area contributed by atoms with Crippen molar-refractivity contribution in [2.45, 2.75) is 18.6 Å². The number of hydrogen-bond acceptors (Lipinski definition) is 3. The zero-order valence-electron chi connectivity index (χ0n) is 12.7. The topological polar surface area (TPSA) is 49.4 Å². The van der Waals surface area contributed by atoms with Crippen molar-refractivity contribution in [1.29, 1.82) is 0 Å². The van der Waals surface area contributed by atoms with Crippen LogP contribution in [0.2, 0.25) is 0 Å². The molecule has 2 aromatic rings. The fourth-order valence-electron chi connectivity index (χ4n) is 2.69. The van der Waals surface area contributed by atoms with E-state index in [1.165, 1.54) is 30.3 Å². The van der Waals surface area contributed by atoms with Crippen LogP contribution in [0.15, 0.2) is 48.5 Å². The van der Waals surface area contributed by atoms with Gasteiger partial charge in [-0.2, -0.15) is 13.2 Å². The average Bonchev–Trinajstić information content (AvgIpc) is 2.80. The molecule has 0 aromatic heterocycles. The van der Waals surface area contributed by atoms with E-state index >= 15 is 0 Å². The molecule has 0 aliphatic carbocycles. The molecule has 0 bridgehead atoms. The number of hydrogen-bond donors (Lipinski definition) is 1. The number of nitrogens with zero attached hydrogens (tertiary/aromatic N) is 1. The molecule has 2 aromatic carbocycles. The molecule has 1 heterocycles. The molecule has 4 nitrogen and oxygen atoms in total. The van der Waals surface area contributed by atoms with Gasteiger partial charge in [0, 0.05) is 5.69 Å². The van der Waals surface area contributed by atoms with Crippen molar-refractivity contribution >= 4 is 23.2 Å². The summed E-state index contributed by atoms with van der Waals surface area (Å²) < 4.78 is 52.6. The molecule has 1 N–H and O–H groups in total. The normalized spacial score (nSPS) is 17.9. The van der Waals surface area contributed by atoms with E-state index in [1.54, 1.807) is 0 Å². The number of anilines is 2. The van der Waals surface area contributed by atoms with Crippen molar-refractivity contribution in [2.75, 3.05) is 10.2 Å². The molecule has 2 amide bonds. The van der Waals surface area contributed by atoms with Crippen LogP contribution in [0.25, 0.3) is 0 Å². The lowest BCUT2D eigenvalue weighted by molar-refractivity contribution is -0.137. The summed E-state index contributed by atoms with van der Waals surface area (Å²) in [5.41, 5.74) is -1.31. The van der Waals surface area contributed by atoms with E-state index in [2.05, 4.69) is 5.32 Å². The highest BCUT2D eigenvalue weighted by atomic mass is 19.4. The Hall–Kier alpha value is -2.90. The van der Waals surface area contributed by atoms with E-state index in [9.17, 15) is 27.2 Å². The van der Waals surface area contributed by atoms with Gasteiger partial charge >= 0.3 is 6.18 Å². The van der Waals surface area contributed by atoms with Gasteiger partial charge in [-0.1, -0.05) is 18.2 Å². The van der Waals surface area contributed by atoms with E-state index in [1.807, 2.05) is 0 Å². The second kappa shape index (κ2) is 6.19.